The lowest BCUT2D eigenvalue weighted by molar-refractivity contribution is -0.125. The van der Waals surface area contributed by atoms with Gasteiger partial charge in [-0.25, -0.2) is 0 Å². The van der Waals surface area contributed by atoms with E-state index in [4.69, 9.17) is 10.5 Å². The predicted octanol–water partition coefficient (Wildman–Crippen LogP) is 1.59. The van der Waals surface area contributed by atoms with E-state index in [2.05, 4.69) is 43.6 Å². The molecule has 2 aliphatic rings. The zero-order valence-corrected chi connectivity index (χ0v) is 18.4. The molecule has 2 rings (SSSR count). The number of carbonyl (C=O) groups excluding carboxylic acids is 2. The minimum atomic E-state index is -0.808. The molecular weight excluding hydrogens is 356 g/mol. The Hall–Kier alpha value is -1.02. The van der Waals surface area contributed by atoms with Gasteiger partial charge in [-0.15, -0.1) is 0 Å². The third-order valence-electron chi connectivity index (χ3n) is 6.60. The molecule has 2 heterocycles. The Kier molecular flexibility index (Phi) is 7.64. The monoisotopic (exact) mass is 396 g/mol. The van der Waals surface area contributed by atoms with Gasteiger partial charge >= 0.3 is 0 Å². The van der Waals surface area contributed by atoms with Crippen LogP contribution in [0.15, 0.2) is 0 Å². The lowest BCUT2D eigenvalue weighted by atomic mass is 9.85. The summed E-state index contributed by atoms with van der Waals surface area (Å²) in [6.07, 6.45) is 3.91. The average Bonchev–Trinajstić information content (AvgIpc) is 3.36. The summed E-state index contributed by atoms with van der Waals surface area (Å²) in [7, 11) is 0. The molecule has 0 bridgehead atoms. The van der Waals surface area contributed by atoms with Gasteiger partial charge in [-0.3, -0.25) is 14.9 Å². The van der Waals surface area contributed by atoms with Crippen LogP contribution in [0.3, 0.4) is 0 Å². The van der Waals surface area contributed by atoms with Gasteiger partial charge in [-0.05, 0) is 39.5 Å². The van der Waals surface area contributed by atoms with Crippen molar-refractivity contribution in [2.45, 2.75) is 122 Å². The Labute approximate surface area is 169 Å². The molecule has 28 heavy (non-hydrogen) atoms. The summed E-state index contributed by atoms with van der Waals surface area (Å²) in [5, 5.41) is 10.1. The smallest absolute Gasteiger partial charge is 0.221 e. The molecule has 4 unspecified atom stereocenters. The van der Waals surface area contributed by atoms with Gasteiger partial charge in [0.2, 0.25) is 5.91 Å². The van der Waals surface area contributed by atoms with Crippen molar-refractivity contribution in [2.24, 2.45) is 5.73 Å². The molecule has 0 aromatic rings. The van der Waals surface area contributed by atoms with Crippen LogP contribution in [0.1, 0.15) is 80.1 Å². The average molecular weight is 397 g/mol. The Morgan fingerprint density at radius 3 is 2.39 bits per heavy atom. The lowest BCUT2D eigenvalue weighted by Crippen LogP contribution is -2.53. The highest BCUT2D eigenvalue weighted by Gasteiger charge is 2.52. The Morgan fingerprint density at radius 1 is 1.25 bits per heavy atom. The summed E-state index contributed by atoms with van der Waals surface area (Å²) in [4.78, 5) is 24.7. The van der Waals surface area contributed by atoms with Gasteiger partial charge in [0.05, 0.1) is 11.6 Å². The molecule has 0 saturated carbocycles. The number of amides is 1. The van der Waals surface area contributed by atoms with Crippen LogP contribution in [0.5, 0.6) is 0 Å². The van der Waals surface area contributed by atoms with Gasteiger partial charge in [-0.2, -0.15) is 0 Å². The summed E-state index contributed by atoms with van der Waals surface area (Å²) in [5.41, 5.74) is 5.28. The van der Waals surface area contributed by atoms with Crippen molar-refractivity contribution in [1.82, 2.24) is 16.0 Å². The van der Waals surface area contributed by atoms with E-state index in [0.29, 0.717) is 25.3 Å². The van der Waals surface area contributed by atoms with Crippen molar-refractivity contribution >= 4 is 11.7 Å². The molecule has 4 atom stereocenters. The first kappa shape index (κ1) is 23.3. The Morgan fingerprint density at radius 2 is 1.86 bits per heavy atom. The molecule has 2 saturated heterocycles. The predicted molar refractivity (Wildman–Crippen MR) is 111 cm³/mol. The highest BCUT2D eigenvalue weighted by molar-refractivity contribution is 5.90. The van der Waals surface area contributed by atoms with Crippen LogP contribution in [-0.4, -0.2) is 53.2 Å². The van der Waals surface area contributed by atoms with Crippen LogP contribution in [0.2, 0.25) is 0 Å². The minimum absolute atomic E-state index is 0.0143. The van der Waals surface area contributed by atoms with Gasteiger partial charge in [0.15, 0.2) is 5.78 Å². The molecule has 0 radical (unpaired) electrons. The van der Waals surface area contributed by atoms with E-state index in [0.717, 1.165) is 12.8 Å². The fourth-order valence-corrected chi connectivity index (χ4v) is 4.22. The first-order chi connectivity index (χ1) is 13.1. The maximum absolute atomic E-state index is 12.7. The largest absolute Gasteiger partial charge is 0.351 e. The fraction of sp³-hybridized carbons (Fsp3) is 0.905. The van der Waals surface area contributed by atoms with Crippen molar-refractivity contribution in [3.8, 4) is 0 Å². The second kappa shape index (κ2) is 9.20. The van der Waals surface area contributed by atoms with Crippen molar-refractivity contribution in [3.63, 3.8) is 0 Å². The quantitative estimate of drug-likeness (QED) is 0.373. The van der Waals surface area contributed by atoms with Gasteiger partial charge in [0.1, 0.15) is 12.3 Å². The number of ether oxygens (including phenoxy) is 1. The molecule has 162 valence electrons. The molecule has 2 fully saturated rings. The number of hydrogen-bond donors (Lipinski definition) is 4. The van der Waals surface area contributed by atoms with E-state index in [-0.39, 0.29) is 48.1 Å². The molecule has 5 N–H and O–H groups in total. The molecule has 0 spiro atoms. The molecule has 0 aliphatic carbocycles. The first-order valence-corrected chi connectivity index (χ1v) is 10.9. The number of carbonyl (C=O) groups is 2. The van der Waals surface area contributed by atoms with E-state index in [9.17, 15) is 9.59 Å². The second-order valence-corrected chi connectivity index (χ2v) is 9.00. The fourth-order valence-electron chi connectivity index (χ4n) is 4.22. The maximum Gasteiger partial charge on any atom is 0.221 e. The van der Waals surface area contributed by atoms with E-state index in [1.165, 1.54) is 0 Å². The molecule has 1 amide bonds. The number of nitrogens with one attached hydrogen (secondary N) is 3. The van der Waals surface area contributed by atoms with Crippen LogP contribution in [0.4, 0.5) is 0 Å². The van der Waals surface area contributed by atoms with Crippen molar-refractivity contribution in [1.29, 1.82) is 0 Å². The molecule has 0 aromatic heterocycles. The molecule has 0 aromatic carbocycles. The highest BCUT2D eigenvalue weighted by Crippen LogP contribution is 2.33. The minimum Gasteiger partial charge on any atom is -0.351 e. The van der Waals surface area contributed by atoms with E-state index in [1.807, 2.05) is 13.8 Å². The van der Waals surface area contributed by atoms with Gasteiger partial charge in [-0.1, -0.05) is 27.7 Å². The second-order valence-electron chi connectivity index (χ2n) is 9.00. The van der Waals surface area contributed by atoms with Crippen LogP contribution in [0, 0.1) is 0 Å². The Bertz CT molecular complexity index is 558. The van der Waals surface area contributed by atoms with E-state index >= 15 is 0 Å². The van der Waals surface area contributed by atoms with Crippen molar-refractivity contribution < 1.29 is 14.3 Å². The number of Topliss-reactive ketones (excluding diaryl/α,β-unsaturated/α-hetero) is 1. The van der Waals surface area contributed by atoms with Gasteiger partial charge in [0.25, 0.3) is 0 Å². The van der Waals surface area contributed by atoms with Crippen molar-refractivity contribution in [2.75, 3.05) is 0 Å². The van der Waals surface area contributed by atoms with E-state index in [1.54, 1.807) is 0 Å². The highest BCUT2D eigenvalue weighted by atomic mass is 16.6. The first-order valence-electron chi connectivity index (χ1n) is 10.9. The van der Waals surface area contributed by atoms with Crippen LogP contribution in [-0.2, 0) is 14.3 Å². The number of hydrogen-bond acceptors (Lipinski definition) is 6. The topological polar surface area (TPSA) is 109 Å². The number of epoxide rings is 1. The molecular formula is C21H40N4O3. The SMILES string of the molecule is CCC(CC)NC(C)(C)C1OC1NC1CC(=O)NC1CC(=O)C(N)(CC)CC. The summed E-state index contributed by atoms with van der Waals surface area (Å²) < 4.78 is 5.91. The normalized spacial score (nSPS) is 27.9. The summed E-state index contributed by atoms with van der Waals surface area (Å²) in [6, 6.07) is 0.107. The Balaban J connectivity index is 1.94. The number of ketones is 1. The zero-order chi connectivity index (χ0) is 21.1. The molecule has 7 nitrogen and oxygen atoms in total. The molecule has 7 heteroatoms. The standard InChI is InChI=1S/C21H40N4O3/c1-7-13(8-2)25-20(5,6)18-19(28-18)24-15-12-17(27)23-14(15)11-16(26)21(22,9-3)10-4/h13-15,18-19,24-25H,7-12,22H2,1-6H3,(H,23,27). The zero-order valence-electron chi connectivity index (χ0n) is 18.4. The summed E-state index contributed by atoms with van der Waals surface area (Å²) in [5.74, 6) is -0.0157. The summed E-state index contributed by atoms with van der Waals surface area (Å²) in [6.45, 7) is 12.5. The van der Waals surface area contributed by atoms with Gasteiger partial charge in [0, 0.05) is 30.5 Å². The lowest BCUT2D eigenvalue weighted by Gasteiger charge is -2.30. The van der Waals surface area contributed by atoms with Crippen molar-refractivity contribution in [3.05, 3.63) is 0 Å². The van der Waals surface area contributed by atoms with Gasteiger partial charge < -0.3 is 21.1 Å². The summed E-state index contributed by atoms with van der Waals surface area (Å²) >= 11 is 0. The van der Waals surface area contributed by atoms with Crippen LogP contribution >= 0.6 is 0 Å². The third kappa shape index (κ3) is 5.32. The van der Waals surface area contributed by atoms with Crippen LogP contribution in [0.25, 0.3) is 0 Å². The number of nitrogens with two attached hydrogens (primary N) is 1. The maximum atomic E-state index is 12.7. The number of rotatable bonds is 12. The third-order valence-corrected chi connectivity index (χ3v) is 6.60. The van der Waals surface area contributed by atoms with E-state index < -0.39 is 5.54 Å². The van der Waals surface area contributed by atoms with Crippen LogP contribution < -0.4 is 21.7 Å². The molecule has 2 aliphatic heterocycles.